The fourth-order valence-electron chi connectivity index (χ4n) is 4.13. The van der Waals surface area contributed by atoms with Crippen LogP contribution >= 0.6 is 0 Å². The third kappa shape index (κ3) is 4.32. The Morgan fingerprint density at radius 1 is 1.03 bits per heavy atom. The molecule has 156 valence electrons. The third-order valence-corrected chi connectivity index (χ3v) is 5.77. The van der Waals surface area contributed by atoms with E-state index in [0.29, 0.717) is 19.5 Å². The molecule has 1 atom stereocenters. The Balaban J connectivity index is 1.45. The Morgan fingerprint density at radius 3 is 2.43 bits per heavy atom. The summed E-state index contributed by atoms with van der Waals surface area (Å²) in [6.07, 6.45) is 2.41. The van der Waals surface area contributed by atoms with Crippen LogP contribution in [0.15, 0.2) is 54.7 Å². The number of amides is 2. The lowest BCUT2D eigenvalue weighted by Crippen LogP contribution is -2.55. The molecule has 1 aromatic heterocycles. The number of piperazine rings is 1. The number of hydrogen-bond donors (Lipinski definition) is 2. The van der Waals surface area contributed by atoms with E-state index in [9.17, 15) is 9.59 Å². The van der Waals surface area contributed by atoms with Gasteiger partial charge in [-0.2, -0.15) is 0 Å². The molecule has 2 amide bonds. The number of carbonyl (C=O) groups excluding carboxylic acids is 2. The highest BCUT2D eigenvalue weighted by molar-refractivity contribution is 5.89. The van der Waals surface area contributed by atoms with Crippen molar-refractivity contribution in [1.29, 1.82) is 0 Å². The van der Waals surface area contributed by atoms with Crippen LogP contribution in [0.4, 0.5) is 5.69 Å². The van der Waals surface area contributed by atoms with E-state index in [4.69, 9.17) is 0 Å². The molecule has 1 aliphatic rings. The maximum absolute atomic E-state index is 13.3. The number of fused-ring (bicyclic) bond motifs is 1. The van der Waals surface area contributed by atoms with Gasteiger partial charge in [-0.25, -0.2) is 0 Å². The minimum absolute atomic E-state index is 0.0148. The fourth-order valence-corrected chi connectivity index (χ4v) is 4.13. The molecule has 0 saturated carbocycles. The number of para-hydroxylation sites is 1. The van der Waals surface area contributed by atoms with Gasteiger partial charge < -0.3 is 20.1 Å². The lowest BCUT2D eigenvalue weighted by molar-refractivity contribution is -0.136. The Labute approximate surface area is 176 Å². The second-order valence-electron chi connectivity index (χ2n) is 7.96. The molecule has 1 fully saturated rings. The molecular weight excluding hydrogens is 376 g/mol. The number of rotatable bonds is 5. The van der Waals surface area contributed by atoms with Crippen LogP contribution < -0.4 is 10.2 Å². The van der Waals surface area contributed by atoms with Crippen LogP contribution in [0, 0.1) is 6.92 Å². The van der Waals surface area contributed by atoms with Crippen LogP contribution in [0.5, 0.6) is 0 Å². The van der Waals surface area contributed by atoms with Crippen molar-refractivity contribution in [2.75, 3.05) is 31.1 Å². The average Bonchev–Trinajstić information content (AvgIpc) is 3.16. The smallest absolute Gasteiger partial charge is 0.245 e. The number of nitrogens with zero attached hydrogens (tertiary/aromatic N) is 2. The largest absolute Gasteiger partial charge is 0.368 e. The molecule has 1 saturated heterocycles. The van der Waals surface area contributed by atoms with E-state index in [1.807, 2.05) is 35.4 Å². The minimum atomic E-state index is -0.562. The quantitative estimate of drug-likeness (QED) is 0.687. The Kier molecular flexibility index (Phi) is 5.74. The Hall–Kier alpha value is -3.28. The monoisotopic (exact) mass is 404 g/mol. The van der Waals surface area contributed by atoms with Crippen molar-refractivity contribution in [1.82, 2.24) is 15.2 Å². The molecule has 2 aromatic carbocycles. The predicted molar refractivity (Wildman–Crippen MR) is 120 cm³/mol. The van der Waals surface area contributed by atoms with Gasteiger partial charge in [0, 0.05) is 62.3 Å². The summed E-state index contributed by atoms with van der Waals surface area (Å²) in [5.41, 5.74) is 4.50. The minimum Gasteiger partial charge on any atom is -0.368 e. The average molecular weight is 405 g/mol. The van der Waals surface area contributed by atoms with Crippen LogP contribution in [0.2, 0.25) is 0 Å². The van der Waals surface area contributed by atoms with Gasteiger partial charge in [0.15, 0.2) is 0 Å². The zero-order valence-electron chi connectivity index (χ0n) is 17.5. The van der Waals surface area contributed by atoms with E-state index in [1.54, 1.807) is 0 Å². The first-order valence-electron chi connectivity index (χ1n) is 10.4. The van der Waals surface area contributed by atoms with Gasteiger partial charge in [0.25, 0.3) is 0 Å². The summed E-state index contributed by atoms with van der Waals surface area (Å²) < 4.78 is 0. The van der Waals surface area contributed by atoms with Crippen LogP contribution in [0.1, 0.15) is 18.1 Å². The first kappa shape index (κ1) is 20.0. The molecule has 0 aliphatic carbocycles. The maximum atomic E-state index is 13.3. The zero-order valence-corrected chi connectivity index (χ0v) is 17.5. The van der Waals surface area contributed by atoms with Crippen molar-refractivity contribution < 1.29 is 9.59 Å². The summed E-state index contributed by atoms with van der Waals surface area (Å²) in [5.74, 6) is -0.203. The van der Waals surface area contributed by atoms with Gasteiger partial charge in [-0.15, -0.1) is 0 Å². The van der Waals surface area contributed by atoms with Crippen LogP contribution in [-0.4, -0.2) is 53.9 Å². The molecule has 6 nitrogen and oxygen atoms in total. The molecule has 0 unspecified atom stereocenters. The summed E-state index contributed by atoms with van der Waals surface area (Å²) in [6, 6.07) is 15.9. The first-order chi connectivity index (χ1) is 14.5. The Morgan fingerprint density at radius 2 is 1.73 bits per heavy atom. The number of nitrogens with one attached hydrogen (secondary N) is 2. The predicted octanol–water partition coefficient (Wildman–Crippen LogP) is 2.87. The molecule has 2 N–H and O–H groups in total. The van der Waals surface area contributed by atoms with Gasteiger partial charge in [0.1, 0.15) is 6.04 Å². The van der Waals surface area contributed by atoms with Crippen molar-refractivity contribution in [2.24, 2.45) is 0 Å². The first-order valence-corrected chi connectivity index (χ1v) is 10.4. The normalized spacial score (nSPS) is 15.3. The van der Waals surface area contributed by atoms with Gasteiger partial charge >= 0.3 is 0 Å². The highest BCUT2D eigenvalue weighted by Gasteiger charge is 2.29. The van der Waals surface area contributed by atoms with Crippen LogP contribution in [-0.2, 0) is 16.0 Å². The highest BCUT2D eigenvalue weighted by atomic mass is 16.2. The van der Waals surface area contributed by atoms with Crippen molar-refractivity contribution in [3.8, 4) is 0 Å². The number of aryl methyl sites for hydroxylation is 1. The number of H-pyrrole nitrogens is 1. The molecule has 3 aromatic rings. The lowest BCUT2D eigenvalue weighted by atomic mass is 10.0. The number of hydrogen-bond acceptors (Lipinski definition) is 3. The van der Waals surface area contributed by atoms with Crippen LogP contribution in [0.25, 0.3) is 10.9 Å². The number of carbonyl (C=O) groups is 2. The summed E-state index contributed by atoms with van der Waals surface area (Å²) >= 11 is 0. The molecule has 4 rings (SSSR count). The molecule has 0 radical (unpaired) electrons. The van der Waals surface area contributed by atoms with Gasteiger partial charge in [-0.05, 0) is 30.7 Å². The number of anilines is 1. The van der Waals surface area contributed by atoms with E-state index in [-0.39, 0.29) is 11.8 Å². The van der Waals surface area contributed by atoms with Gasteiger partial charge in [-0.3, -0.25) is 9.59 Å². The fraction of sp³-hybridized carbons (Fsp3) is 0.333. The summed E-state index contributed by atoms with van der Waals surface area (Å²) in [4.78, 5) is 32.5. The Bertz CT molecular complexity index is 1030. The van der Waals surface area contributed by atoms with Crippen molar-refractivity contribution in [3.05, 3.63) is 65.9 Å². The topological polar surface area (TPSA) is 68.4 Å². The number of aromatic amines is 1. The highest BCUT2D eigenvalue weighted by Crippen LogP contribution is 2.21. The molecular formula is C24H28N4O2. The third-order valence-electron chi connectivity index (χ3n) is 5.77. The molecule has 30 heavy (non-hydrogen) atoms. The van der Waals surface area contributed by atoms with Crippen molar-refractivity contribution in [3.63, 3.8) is 0 Å². The number of benzene rings is 2. The van der Waals surface area contributed by atoms with Gasteiger partial charge in [0.2, 0.25) is 11.8 Å². The van der Waals surface area contributed by atoms with Crippen molar-refractivity contribution in [2.45, 2.75) is 26.3 Å². The molecule has 1 aliphatic heterocycles. The van der Waals surface area contributed by atoms with E-state index < -0.39 is 6.04 Å². The summed E-state index contributed by atoms with van der Waals surface area (Å²) in [6.45, 7) is 6.41. The van der Waals surface area contributed by atoms with E-state index in [1.165, 1.54) is 18.2 Å². The van der Waals surface area contributed by atoms with E-state index in [0.717, 1.165) is 29.6 Å². The second kappa shape index (κ2) is 8.61. The molecule has 0 spiro atoms. The van der Waals surface area contributed by atoms with Crippen LogP contribution in [0.3, 0.4) is 0 Å². The number of aromatic nitrogens is 1. The van der Waals surface area contributed by atoms with Gasteiger partial charge in [0.05, 0.1) is 0 Å². The molecule has 2 heterocycles. The zero-order chi connectivity index (χ0) is 21.1. The molecule has 6 heteroatoms. The maximum Gasteiger partial charge on any atom is 0.245 e. The lowest BCUT2D eigenvalue weighted by Gasteiger charge is -2.37. The van der Waals surface area contributed by atoms with E-state index >= 15 is 0 Å². The molecule has 0 bridgehead atoms. The second-order valence-corrected chi connectivity index (χ2v) is 7.96. The van der Waals surface area contributed by atoms with Crippen molar-refractivity contribution >= 4 is 28.4 Å². The van der Waals surface area contributed by atoms with E-state index in [2.05, 4.69) is 46.4 Å². The summed E-state index contributed by atoms with van der Waals surface area (Å²) in [7, 11) is 0. The standard InChI is InChI=1S/C24H28N4O2/c1-17-7-9-20(10-8-17)27-11-13-28(14-12-27)24(30)23(26-18(2)29)15-19-16-25-22-6-4-3-5-21(19)22/h3-10,16,23,25H,11-15H2,1-2H3,(H,26,29)/t23-/m1/s1. The SMILES string of the molecule is CC(=O)N[C@H](Cc1c[nH]c2ccccc12)C(=O)N1CCN(c2ccc(C)cc2)CC1. The van der Waals surface area contributed by atoms with Gasteiger partial charge in [-0.1, -0.05) is 35.9 Å². The summed E-state index contributed by atoms with van der Waals surface area (Å²) in [5, 5.41) is 3.96.